The summed E-state index contributed by atoms with van der Waals surface area (Å²) in [4.78, 5) is 8.74. The first-order chi connectivity index (χ1) is 8.74. The number of benzene rings is 1. The molecule has 0 aliphatic rings. The second-order valence-corrected chi connectivity index (χ2v) is 5.34. The Morgan fingerprint density at radius 1 is 1.39 bits per heavy atom. The predicted molar refractivity (Wildman–Crippen MR) is 74.7 cm³/mol. The molecule has 3 rings (SSSR count). The normalized spacial score (nSPS) is 12.9. The summed E-state index contributed by atoms with van der Waals surface area (Å²) in [6, 6.07) is 5.83. The van der Waals surface area contributed by atoms with Crippen molar-refractivity contribution in [3.8, 4) is 0 Å². The highest BCUT2D eigenvalue weighted by Crippen LogP contribution is 2.22. The number of nitrogens with zero attached hydrogens (tertiary/aromatic N) is 3. The number of imidazole rings is 1. The lowest BCUT2D eigenvalue weighted by Gasteiger charge is -2.10. The smallest absolute Gasteiger partial charge is 0.0970 e. The minimum Gasteiger partial charge on any atom is -0.399 e. The Bertz CT molecular complexity index is 657. The first-order valence-electron chi connectivity index (χ1n) is 5.84. The van der Waals surface area contributed by atoms with Crippen molar-refractivity contribution < 1.29 is 0 Å². The van der Waals surface area contributed by atoms with E-state index in [1.807, 2.05) is 36.1 Å². The van der Waals surface area contributed by atoms with Crippen LogP contribution in [-0.4, -0.2) is 14.5 Å². The SMILES string of the molecule is CC(Cn1cnc2cc(N)ccc21)c1nccs1. The molecular weight excluding hydrogens is 244 g/mol. The van der Waals surface area contributed by atoms with Crippen LogP contribution in [0.25, 0.3) is 11.0 Å². The third-order valence-corrected chi connectivity index (χ3v) is 4.00. The quantitative estimate of drug-likeness (QED) is 0.735. The number of nitrogen functional groups attached to an aromatic ring is 1. The van der Waals surface area contributed by atoms with Gasteiger partial charge in [0.2, 0.25) is 0 Å². The largest absolute Gasteiger partial charge is 0.399 e. The van der Waals surface area contributed by atoms with Gasteiger partial charge in [-0.05, 0) is 18.2 Å². The van der Waals surface area contributed by atoms with E-state index >= 15 is 0 Å². The minimum absolute atomic E-state index is 0.389. The van der Waals surface area contributed by atoms with E-state index in [4.69, 9.17) is 5.73 Å². The van der Waals surface area contributed by atoms with Gasteiger partial charge in [-0.2, -0.15) is 0 Å². The van der Waals surface area contributed by atoms with Crippen LogP contribution in [0.15, 0.2) is 36.1 Å². The highest BCUT2D eigenvalue weighted by molar-refractivity contribution is 7.09. The summed E-state index contributed by atoms with van der Waals surface area (Å²) < 4.78 is 2.15. The van der Waals surface area contributed by atoms with Gasteiger partial charge in [0.15, 0.2) is 0 Å². The molecule has 0 fully saturated rings. The Morgan fingerprint density at radius 2 is 2.28 bits per heavy atom. The van der Waals surface area contributed by atoms with E-state index in [9.17, 15) is 0 Å². The van der Waals surface area contributed by atoms with Crippen LogP contribution >= 0.6 is 11.3 Å². The summed E-state index contributed by atoms with van der Waals surface area (Å²) in [6.07, 6.45) is 3.72. The molecule has 0 bridgehead atoms. The van der Waals surface area contributed by atoms with Crippen LogP contribution < -0.4 is 5.73 Å². The maximum atomic E-state index is 5.75. The Kier molecular flexibility index (Phi) is 2.76. The number of fused-ring (bicyclic) bond motifs is 1. The summed E-state index contributed by atoms with van der Waals surface area (Å²) in [7, 11) is 0. The van der Waals surface area contributed by atoms with Gasteiger partial charge < -0.3 is 10.3 Å². The number of hydrogen-bond acceptors (Lipinski definition) is 4. The maximum Gasteiger partial charge on any atom is 0.0970 e. The molecule has 0 aliphatic heterocycles. The lowest BCUT2D eigenvalue weighted by Crippen LogP contribution is -2.04. The first kappa shape index (κ1) is 11.2. The van der Waals surface area contributed by atoms with Gasteiger partial charge in [-0.1, -0.05) is 6.92 Å². The highest BCUT2D eigenvalue weighted by Gasteiger charge is 2.11. The van der Waals surface area contributed by atoms with Crippen molar-refractivity contribution in [3.05, 3.63) is 41.1 Å². The molecule has 0 saturated heterocycles. The van der Waals surface area contributed by atoms with Crippen molar-refractivity contribution in [2.45, 2.75) is 19.4 Å². The molecule has 1 aromatic carbocycles. The van der Waals surface area contributed by atoms with Crippen molar-refractivity contribution in [2.24, 2.45) is 0 Å². The predicted octanol–water partition coefficient (Wildman–Crippen LogP) is 2.88. The molecule has 0 spiro atoms. The van der Waals surface area contributed by atoms with Crippen LogP contribution in [-0.2, 0) is 6.54 Å². The summed E-state index contributed by atoms with van der Waals surface area (Å²) in [5.41, 5.74) is 8.57. The Hall–Kier alpha value is -1.88. The van der Waals surface area contributed by atoms with E-state index in [2.05, 4.69) is 21.5 Å². The molecule has 0 amide bonds. The second-order valence-electron chi connectivity index (χ2n) is 4.42. The Balaban J connectivity index is 1.91. The molecule has 5 heteroatoms. The van der Waals surface area contributed by atoms with Crippen LogP contribution in [0.4, 0.5) is 5.69 Å². The maximum absolute atomic E-state index is 5.75. The number of rotatable bonds is 3. The summed E-state index contributed by atoms with van der Waals surface area (Å²) >= 11 is 1.70. The number of nitrogens with two attached hydrogens (primary N) is 1. The lowest BCUT2D eigenvalue weighted by molar-refractivity contribution is 0.607. The fourth-order valence-electron chi connectivity index (χ4n) is 2.08. The lowest BCUT2D eigenvalue weighted by atomic mass is 10.2. The third kappa shape index (κ3) is 1.97. The molecule has 1 unspecified atom stereocenters. The minimum atomic E-state index is 0.389. The van der Waals surface area contributed by atoms with Crippen LogP contribution in [0.5, 0.6) is 0 Å². The Labute approximate surface area is 109 Å². The number of anilines is 1. The molecule has 3 aromatic rings. The molecule has 2 N–H and O–H groups in total. The monoisotopic (exact) mass is 258 g/mol. The van der Waals surface area contributed by atoms with Gasteiger partial charge in [0.1, 0.15) is 0 Å². The molecule has 0 saturated carbocycles. The fourth-order valence-corrected chi connectivity index (χ4v) is 2.77. The molecule has 0 radical (unpaired) electrons. The van der Waals surface area contributed by atoms with Crippen LogP contribution in [0.2, 0.25) is 0 Å². The zero-order valence-electron chi connectivity index (χ0n) is 10.1. The zero-order valence-corrected chi connectivity index (χ0v) is 10.9. The van der Waals surface area contributed by atoms with Gasteiger partial charge in [0.05, 0.1) is 22.4 Å². The van der Waals surface area contributed by atoms with Crippen molar-refractivity contribution in [1.29, 1.82) is 0 Å². The van der Waals surface area contributed by atoms with Gasteiger partial charge in [-0.25, -0.2) is 9.97 Å². The zero-order chi connectivity index (χ0) is 12.5. The highest BCUT2D eigenvalue weighted by atomic mass is 32.1. The number of aromatic nitrogens is 3. The van der Waals surface area contributed by atoms with Crippen LogP contribution in [0.1, 0.15) is 17.8 Å². The van der Waals surface area contributed by atoms with Crippen molar-refractivity contribution in [2.75, 3.05) is 5.73 Å². The number of hydrogen-bond donors (Lipinski definition) is 1. The number of thiazole rings is 1. The molecule has 4 nitrogen and oxygen atoms in total. The molecule has 1 atom stereocenters. The standard InChI is InChI=1S/C13H14N4S/c1-9(13-15-4-5-18-13)7-17-8-16-11-6-10(14)2-3-12(11)17/h2-6,8-9H,7,14H2,1H3. The van der Waals surface area contributed by atoms with Crippen LogP contribution in [0, 0.1) is 0 Å². The molecule has 18 heavy (non-hydrogen) atoms. The van der Waals surface area contributed by atoms with E-state index in [1.165, 1.54) is 0 Å². The average molecular weight is 258 g/mol. The van der Waals surface area contributed by atoms with Gasteiger partial charge in [0, 0.05) is 29.7 Å². The average Bonchev–Trinajstić information content (AvgIpc) is 2.98. The van der Waals surface area contributed by atoms with Gasteiger partial charge in [-0.3, -0.25) is 0 Å². The second kappa shape index (κ2) is 4.42. The van der Waals surface area contributed by atoms with Crippen LogP contribution in [0.3, 0.4) is 0 Å². The fraction of sp³-hybridized carbons (Fsp3) is 0.231. The third-order valence-electron chi connectivity index (χ3n) is 2.99. The first-order valence-corrected chi connectivity index (χ1v) is 6.72. The topological polar surface area (TPSA) is 56.7 Å². The van der Waals surface area contributed by atoms with E-state index < -0.39 is 0 Å². The molecule has 0 aliphatic carbocycles. The summed E-state index contributed by atoms with van der Waals surface area (Å²) in [5.74, 6) is 0.389. The van der Waals surface area contributed by atoms with Crippen molar-refractivity contribution in [1.82, 2.24) is 14.5 Å². The van der Waals surface area contributed by atoms with E-state index in [1.54, 1.807) is 11.3 Å². The van der Waals surface area contributed by atoms with E-state index in [-0.39, 0.29) is 0 Å². The van der Waals surface area contributed by atoms with Gasteiger partial charge >= 0.3 is 0 Å². The Morgan fingerprint density at radius 3 is 3.06 bits per heavy atom. The van der Waals surface area contributed by atoms with Gasteiger partial charge in [0.25, 0.3) is 0 Å². The molecular formula is C13H14N4S. The van der Waals surface area contributed by atoms with Crippen molar-refractivity contribution in [3.63, 3.8) is 0 Å². The summed E-state index contributed by atoms with van der Waals surface area (Å²) in [6.45, 7) is 3.07. The van der Waals surface area contributed by atoms with Crippen molar-refractivity contribution >= 4 is 28.1 Å². The van der Waals surface area contributed by atoms with E-state index in [0.717, 1.165) is 28.3 Å². The summed E-state index contributed by atoms with van der Waals surface area (Å²) in [5, 5.41) is 3.17. The molecule has 2 heterocycles. The molecule has 92 valence electrons. The molecule has 2 aromatic heterocycles. The van der Waals surface area contributed by atoms with E-state index in [0.29, 0.717) is 5.92 Å². The van der Waals surface area contributed by atoms with Gasteiger partial charge in [-0.15, -0.1) is 11.3 Å².